The topological polar surface area (TPSA) is 75.4 Å². The molecule has 2 unspecified atom stereocenters. The second-order valence-corrected chi connectivity index (χ2v) is 5.89. The highest BCUT2D eigenvalue weighted by molar-refractivity contribution is 5.96. The first-order valence-electron chi connectivity index (χ1n) is 7.35. The first-order chi connectivity index (χ1) is 9.97. The number of amides is 2. The Balaban J connectivity index is 0.00000242. The maximum atomic E-state index is 12.2. The molecule has 2 rings (SSSR count). The molecule has 3 N–H and O–H groups in total. The minimum atomic E-state index is -0.0499. The van der Waals surface area contributed by atoms with Crippen molar-refractivity contribution in [3.8, 4) is 0 Å². The highest BCUT2D eigenvalue weighted by Crippen LogP contribution is 2.24. The molecule has 2 atom stereocenters. The van der Waals surface area contributed by atoms with E-state index in [2.05, 4.69) is 5.32 Å². The second kappa shape index (κ2) is 8.15. The zero-order valence-electron chi connectivity index (χ0n) is 13.0. The van der Waals surface area contributed by atoms with Crippen LogP contribution in [0.25, 0.3) is 0 Å². The van der Waals surface area contributed by atoms with Gasteiger partial charge in [0, 0.05) is 37.3 Å². The number of carbonyl (C=O) groups is 2. The van der Waals surface area contributed by atoms with Gasteiger partial charge in [-0.05, 0) is 43.5 Å². The molecule has 0 bridgehead atoms. The van der Waals surface area contributed by atoms with Crippen LogP contribution in [0.4, 0.5) is 5.69 Å². The van der Waals surface area contributed by atoms with E-state index >= 15 is 0 Å². The summed E-state index contributed by atoms with van der Waals surface area (Å²) in [5.74, 6) is -0.0280. The molecule has 6 heteroatoms. The molecule has 22 heavy (non-hydrogen) atoms. The monoisotopic (exact) mass is 325 g/mol. The van der Waals surface area contributed by atoms with Crippen molar-refractivity contribution in [1.82, 2.24) is 4.90 Å². The molecular formula is C16H24ClN3O2. The van der Waals surface area contributed by atoms with E-state index in [4.69, 9.17) is 5.73 Å². The number of anilines is 1. The number of rotatable bonds is 3. The van der Waals surface area contributed by atoms with Crippen LogP contribution >= 0.6 is 12.4 Å². The molecule has 1 fully saturated rings. The molecule has 1 aliphatic carbocycles. The fraction of sp³-hybridized carbons (Fsp3) is 0.500. The van der Waals surface area contributed by atoms with E-state index in [-0.39, 0.29) is 36.2 Å². The van der Waals surface area contributed by atoms with Crippen molar-refractivity contribution in [2.75, 3.05) is 19.4 Å². The van der Waals surface area contributed by atoms with E-state index in [9.17, 15) is 9.59 Å². The Morgan fingerprint density at radius 1 is 1.18 bits per heavy atom. The molecule has 0 radical (unpaired) electrons. The van der Waals surface area contributed by atoms with Gasteiger partial charge in [-0.25, -0.2) is 0 Å². The molecule has 0 aliphatic heterocycles. The molecule has 0 aromatic heterocycles. The van der Waals surface area contributed by atoms with Crippen LogP contribution in [0.1, 0.15) is 36.0 Å². The van der Waals surface area contributed by atoms with Crippen molar-refractivity contribution in [1.29, 1.82) is 0 Å². The van der Waals surface area contributed by atoms with E-state index in [1.807, 2.05) is 0 Å². The van der Waals surface area contributed by atoms with Crippen LogP contribution in [0.15, 0.2) is 24.3 Å². The fourth-order valence-corrected chi connectivity index (χ4v) is 2.66. The lowest BCUT2D eigenvalue weighted by Crippen LogP contribution is -2.34. The number of nitrogens with zero attached hydrogens (tertiary/aromatic N) is 1. The Morgan fingerprint density at radius 3 is 2.36 bits per heavy atom. The summed E-state index contributed by atoms with van der Waals surface area (Å²) in [7, 11) is 3.43. The number of hydrogen-bond donors (Lipinski definition) is 2. The van der Waals surface area contributed by atoms with Gasteiger partial charge in [-0.15, -0.1) is 12.4 Å². The Bertz CT molecular complexity index is 517. The Labute approximate surface area is 137 Å². The van der Waals surface area contributed by atoms with Crippen molar-refractivity contribution in [3.05, 3.63) is 29.8 Å². The van der Waals surface area contributed by atoms with Gasteiger partial charge in [0.15, 0.2) is 0 Å². The van der Waals surface area contributed by atoms with Crippen LogP contribution in [-0.4, -0.2) is 36.9 Å². The molecule has 2 amide bonds. The lowest BCUT2D eigenvalue weighted by atomic mass is 9.85. The Hall–Kier alpha value is -1.59. The van der Waals surface area contributed by atoms with E-state index in [0.29, 0.717) is 5.56 Å². The first kappa shape index (κ1) is 18.5. The highest BCUT2D eigenvalue weighted by Gasteiger charge is 2.25. The minimum absolute atomic E-state index is 0. The van der Waals surface area contributed by atoms with Gasteiger partial charge in [0.25, 0.3) is 5.91 Å². The molecule has 1 saturated carbocycles. The van der Waals surface area contributed by atoms with Gasteiger partial charge < -0.3 is 16.0 Å². The van der Waals surface area contributed by atoms with Crippen molar-refractivity contribution < 1.29 is 9.59 Å². The number of hydrogen-bond acceptors (Lipinski definition) is 3. The van der Waals surface area contributed by atoms with Gasteiger partial charge in [0.1, 0.15) is 0 Å². The van der Waals surface area contributed by atoms with Crippen LogP contribution in [0.5, 0.6) is 0 Å². The molecule has 0 saturated heterocycles. The van der Waals surface area contributed by atoms with Crippen LogP contribution in [0.3, 0.4) is 0 Å². The Kier molecular flexibility index (Phi) is 6.84. The van der Waals surface area contributed by atoms with Gasteiger partial charge in [0.05, 0.1) is 0 Å². The predicted octanol–water partition coefficient (Wildman–Crippen LogP) is 2.27. The standard InChI is InChI=1S/C16H23N3O2.ClH/c1-19(2)16(21)11-6-8-14(9-7-11)18-15(20)12-4-3-5-13(17)10-12;/h6-9,12-13H,3-5,10,17H2,1-2H3,(H,18,20);1H. The van der Waals surface area contributed by atoms with Crippen LogP contribution < -0.4 is 11.1 Å². The molecule has 1 aromatic carbocycles. The molecule has 1 aliphatic rings. The third-order valence-corrected chi connectivity index (χ3v) is 3.89. The third kappa shape index (κ3) is 4.71. The number of benzene rings is 1. The van der Waals surface area contributed by atoms with Crippen molar-refractivity contribution in [2.45, 2.75) is 31.7 Å². The van der Waals surface area contributed by atoms with E-state index < -0.39 is 0 Å². The zero-order chi connectivity index (χ0) is 15.4. The summed E-state index contributed by atoms with van der Waals surface area (Å²) in [5.41, 5.74) is 7.24. The summed E-state index contributed by atoms with van der Waals surface area (Å²) >= 11 is 0. The van der Waals surface area contributed by atoms with E-state index in [1.165, 1.54) is 4.90 Å². The Morgan fingerprint density at radius 2 is 1.82 bits per heavy atom. The fourth-order valence-electron chi connectivity index (χ4n) is 2.66. The number of nitrogens with one attached hydrogen (secondary N) is 1. The van der Waals surface area contributed by atoms with Gasteiger partial charge in [-0.1, -0.05) is 6.42 Å². The largest absolute Gasteiger partial charge is 0.345 e. The van der Waals surface area contributed by atoms with Crippen molar-refractivity contribution in [2.24, 2.45) is 11.7 Å². The average Bonchev–Trinajstić information content (AvgIpc) is 2.47. The quantitative estimate of drug-likeness (QED) is 0.895. The van der Waals surface area contributed by atoms with E-state index in [1.54, 1.807) is 38.4 Å². The number of nitrogens with two attached hydrogens (primary N) is 1. The SMILES string of the molecule is CN(C)C(=O)c1ccc(NC(=O)C2CCCC(N)C2)cc1.Cl. The summed E-state index contributed by atoms with van der Waals surface area (Å²) in [4.78, 5) is 25.5. The van der Waals surface area contributed by atoms with Gasteiger partial charge in [-0.3, -0.25) is 9.59 Å². The maximum absolute atomic E-state index is 12.2. The van der Waals surface area contributed by atoms with Crippen molar-refractivity contribution in [3.63, 3.8) is 0 Å². The smallest absolute Gasteiger partial charge is 0.253 e. The highest BCUT2D eigenvalue weighted by atomic mass is 35.5. The normalized spacial score (nSPS) is 20.7. The lowest BCUT2D eigenvalue weighted by molar-refractivity contribution is -0.120. The molecule has 5 nitrogen and oxygen atoms in total. The van der Waals surface area contributed by atoms with Crippen molar-refractivity contribution >= 4 is 29.9 Å². The molecule has 0 spiro atoms. The average molecular weight is 326 g/mol. The third-order valence-electron chi connectivity index (χ3n) is 3.89. The summed E-state index contributed by atoms with van der Waals surface area (Å²) < 4.78 is 0. The predicted molar refractivity (Wildman–Crippen MR) is 90.3 cm³/mol. The summed E-state index contributed by atoms with van der Waals surface area (Å²) in [5, 5.41) is 2.91. The minimum Gasteiger partial charge on any atom is -0.345 e. The molecule has 1 aromatic rings. The molecular weight excluding hydrogens is 302 g/mol. The lowest BCUT2D eigenvalue weighted by Gasteiger charge is -2.25. The van der Waals surface area contributed by atoms with Gasteiger partial charge in [0.2, 0.25) is 5.91 Å². The van der Waals surface area contributed by atoms with Gasteiger partial charge >= 0.3 is 0 Å². The maximum Gasteiger partial charge on any atom is 0.253 e. The summed E-state index contributed by atoms with van der Waals surface area (Å²) in [6, 6.07) is 7.11. The number of carbonyl (C=O) groups excluding carboxylic acids is 2. The molecule has 122 valence electrons. The zero-order valence-corrected chi connectivity index (χ0v) is 13.9. The van der Waals surface area contributed by atoms with Gasteiger partial charge in [-0.2, -0.15) is 0 Å². The van der Waals surface area contributed by atoms with Crippen LogP contribution in [0.2, 0.25) is 0 Å². The number of halogens is 1. The summed E-state index contributed by atoms with van der Waals surface area (Å²) in [6.07, 6.45) is 3.67. The summed E-state index contributed by atoms with van der Waals surface area (Å²) in [6.45, 7) is 0. The van der Waals surface area contributed by atoms with Crippen LogP contribution in [-0.2, 0) is 4.79 Å². The molecule has 0 heterocycles. The van der Waals surface area contributed by atoms with Crippen LogP contribution in [0, 0.1) is 5.92 Å². The van der Waals surface area contributed by atoms with E-state index in [0.717, 1.165) is 31.4 Å². The second-order valence-electron chi connectivity index (χ2n) is 5.89. The first-order valence-corrected chi connectivity index (χ1v) is 7.35.